The highest BCUT2D eigenvalue weighted by molar-refractivity contribution is 5.76. The van der Waals surface area contributed by atoms with Crippen LogP contribution in [0.3, 0.4) is 0 Å². The van der Waals surface area contributed by atoms with E-state index >= 15 is 0 Å². The van der Waals surface area contributed by atoms with Crippen molar-refractivity contribution < 1.29 is 9.53 Å². The Labute approximate surface area is 140 Å². The molecule has 0 aliphatic carbocycles. The van der Waals surface area contributed by atoms with Crippen LogP contribution in [0, 0.1) is 6.92 Å². The molecule has 4 rings (SSSR count). The number of hydrogen-bond acceptors (Lipinski definition) is 5. The van der Waals surface area contributed by atoms with Crippen molar-refractivity contribution in [1.29, 1.82) is 0 Å². The fourth-order valence-corrected chi connectivity index (χ4v) is 3.60. The van der Waals surface area contributed by atoms with Gasteiger partial charge in [-0.3, -0.25) is 4.79 Å². The first-order chi connectivity index (χ1) is 11.7. The molecular formula is C16H22N6O2. The summed E-state index contributed by atoms with van der Waals surface area (Å²) in [6.45, 7) is 4.78. The number of carbonyl (C=O) groups excluding carboxylic acids is 1. The number of rotatable bonds is 4. The third-order valence-corrected chi connectivity index (χ3v) is 4.99. The molecule has 128 valence electrons. The average Bonchev–Trinajstić information content (AvgIpc) is 3.23. The van der Waals surface area contributed by atoms with Crippen LogP contribution in [0.25, 0.3) is 0 Å². The van der Waals surface area contributed by atoms with E-state index in [0.717, 1.165) is 37.4 Å². The maximum absolute atomic E-state index is 12.6. The van der Waals surface area contributed by atoms with Crippen LogP contribution in [0.5, 0.6) is 0 Å². The fraction of sp³-hybridized carbons (Fsp3) is 0.625. The summed E-state index contributed by atoms with van der Waals surface area (Å²) in [7, 11) is 0. The number of hydrogen-bond donors (Lipinski definition) is 0. The van der Waals surface area contributed by atoms with Gasteiger partial charge in [0.05, 0.1) is 30.6 Å². The molecule has 0 saturated carbocycles. The Bertz CT molecular complexity index is 724. The standard InChI is InChI=1S/C16H22N6O2/c1-12-17-5-8-20(12)6-2-3-16(23)21-7-4-15-14(10-21)22-13(11-24-15)9-18-19-22/h5,8-9,14-15H,2-4,6-7,10-11H2,1H3/t14-,15-/m0/s1. The molecule has 8 heteroatoms. The molecule has 1 saturated heterocycles. The van der Waals surface area contributed by atoms with Gasteiger partial charge in [0.15, 0.2) is 0 Å². The van der Waals surface area contributed by atoms with E-state index in [9.17, 15) is 4.79 Å². The van der Waals surface area contributed by atoms with Crippen molar-refractivity contribution in [2.75, 3.05) is 13.1 Å². The van der Waals surface area contributed by atoms with Gasteiger partial charge in [0, 0.05) is 38.4 Å². The molecule has 1 amide bonds. The lowest BCUT2D eigenvalue weighted by atomic mass is 10.00. The SMILES string of the molecule is Cc1nccn1CCCC(=O)N1CC[C@@H]2OCc3cnnn3[C@H]2C1. The minimum Gasteiger partial charge on any atom is -0.370 e. The van der Waals surface area contributed by atoms with Crippen LogP contribution in [-0.4, -0.2) is 54.5 Å². The first kappa shape index (κ1) is 15.3. The number of ether oxygens (including phenoxy) is 1. The smallest absolute Gasteiger partial charge is 0.222 e. The summed E-state index contributed by atoms with van der Waals surface area (Å²) in [5.74, 6) is 1.19. The summed E-state index contributed by atoms with van der Waals surface area (Å²) in [4.78, 5) is 18.7. The molecule has 0 bridgehead atoms. The van der Waals surface area contributed by atoms with E-state index in [0.29, 0.717) is 19.6 Å². The van der Waals surface area contributed by atoms with Gasteiger partial charge >= 0.3 is 0 Å². The molecule has 0 spiro atoms. The summed E-state index contributed by atoms with van der Waals surface area (Å²) in [6, 6.07) is 0.0878. The molecule has 8 nitrogen and oxygen atoms in total. The normalized spacial score (nSPS) is 23.0. The molecule has 0 N–H and O–H groups in total. The van der Waals surface area contributed by atoms with Crippen molar-refractivity contribution in [1.82, 2.24) is 29.4 Å². The van der Waals surface area contributed by atoms with Crippen molar-refractivity contribution in [2.24, 2.45) is 0 Å². The van der Waals surface area contributed by atoms with Gasteiger partial charge in [-0.05, 0) is 19.8 Å². The van der Waals surface area contributed by atoms with E-state index < -0.39 is 0 Å². The Kier molecular flexibility index (Phi) is 4.05. The molecule has 2 atom stereocenters. The molecule has 2 aromatic heterocycles. The maximum atomic E-state index is 12.6. The second-order valence-electron chi connectivity index (χ2n) is 6.49. The number of aromatic nitrogens is 5. The van der Waals surface area contributed by atoms with Crippen molar-refractivity contribution in [3.05, 3.63) is 30.1 Å². The Morgan fingerprint density at radius 1 is 1.46 bits per heavy atom. The average molecular weight is 330 g/mol. The summed E-state index contributed by atoms with van der Waals surface area (Å²) in [5, 5.41) is 8.15. The highest BCUT2D eigenvalue weighted by Crippen LogP contribution is 2.30. The second kappa shape index (κ2) is 6.35. The van der Waals surface area contributed by atoms with Crippen molar-refractivity contribution in [3.63, 3.8) is 0 Å². The van der Waals surface area contributed by atoms with E-state index in [1.54, 1.807) is 12.4 Å². The number of carbonyl (C=O) groups is 1. The Balaban J connectivity index is 1.34. The lowest BCUT2D eigenvalue weighted by molar-refractivity contribution is -0.138. The number of aryl methyl sites for hydroxylation is 2. The van der Waals surface area contributed by atoms with Gasteiger partial charge in [-0.25, -0.2) is 9.67 Å². The van der Waals surface area contributed by atoms with E-state index in [-0.39, 0.29) is 18.1 Å². The van der Waals surface area contributed by atoms with Gasteiger partial charge in [0.25, 0.3) is 0 Å². The van der Waals surface area contributed by atoms with Gasteiger partial charge in [-0.1, -0.05) is 5.21 Å². The predicted molar refractivity (Wildman–Crippen MR) is 85.0 cm³/mol. The second-order valence-corrected chi connectivity index (χ2v) is 6.49. The largest absolute Gasteiger partial charge is 0.370 e. The van der Waals surface area contributed by atoms with Gasteiger partial charge in [-0.15, -0.1) is 5.10 Å². The Hall–Kier alpha value is -2.22. The minimum absolute atomic E-state index is 0.0878. The predicted octanol–water partition coefficient (Wildman–Crippen LogP) is 0.936. The van der Waals surface area contributed by atoms with E-state index in [2.05, 4.69) is 19.9 Å². The number of fused-ring (bicyclic) bond motifs is 3. The molecule has 2 aliphatic rings. The molecule has 0 unspecified atom stereocenters. The number of nitrogens with zero attached hydrogens (tertiary/aromatic N) is 6. The molecule has 2 aliphatic heterocycles. The first-order valence-electron chi connectivity index (χ1n) is 8.48. The van der Waals surface area contributed by atoms with Gasteiger partial charge in [0.2, 0.25) is 5.91 Å². The molecule has 2 aromatic rings. The van der Waals surface area contributed by atoms with E-state index in [1.165, 1.54) is 0 Å². The number of imidazole rings is 1. The summed E-state index contributed by atoms with van der Waals surface area (Å²) >= 11 is 0. The highest BCUT2D eigenvalue weighted by Gasteiger charge is 2.37. The fourth-order valence-electron chi connectivity index (χ4n) is 3.60. The lowest BCUT2D eigenvalue weighted by Crippen LogP contribution is -2.49. The van der Waals surface area contributed by atoms with Crippen LogP contribution in [0.2, 0.25) is 0 Å². The van der Waals surface area contributed by atoms with Gasteiger partial charge in [-0.2, -0.15) is 0 Å². The first-order valence-corrected chi connectivity index (χ1v) is 8.48. The molecule has 1 fully saturated rings. The van der Waals surface area contributed by atoms with Crippen LogP contribution in [0.15, 0.2) is 18.6 Å². The Morgan fingerprint density at radius 3 is 3.21 bits per heavy atom. The zero-order valence-corrected chi connectivity index (χ0v) is 13.8. The van der Waals surface area contributed by atoms with Crippen LogP contribution >= 0.6 is 0 Å². The van der Waals surface area contributed by atoms with Crippen LogP contribution in [0.1, 0.15) is 36.8 Å². The quantitative estimate of drug-likeness (QED) is 0.833. The maximum Gasteiger partial charge on any atom is 0.222 e. The van der Waals surface area contributed by atoms with Crippen LogP contribution in [-0.2, 0) is 22.7 Å². The minimum atomic E-state index is 0.0878. The molecule has 4 heterocycles. The number of likely N-dealkylation sites (tertiary alicyclic amines) is 1. The van der Waals surface area contributed by atoms with Crippen LogP contribution < -0.4 is 0 Å². The number of amides is 1. The highest BCUT2D eigenvalue weighted by atomic mass is 16.5. The topological polar surface area (TPSA) is 78.1 Å². The Morgan fingerprint density at radius 2 is 2.38 bits per heavy atom. The van der Waals surface area contributed by atoms with Crippen molar-refractivity contribution >= 4 is 5.91 Å². The summed E-state index contributed by atoms with van der Waals surface area (Å²) in [6.07, 6.45) is 7.86. The molecule has 24 heavy (non-hydrogen) atoms. The summed E-state index contributed by atoms with van der Waals surface area (Å²) < 4.78 is 9.90. The van der Waals surface area contributed by atoms with Crippen molar-refractivity contribution in [3.8, 4) is 0 Å². The van der Waals surface area contributed by atoms with E-state index in [1.807, 2.05) is 22.7 Å². The molecule has 0 radical (unpaired) electrons. The van der Waals surface area contributed by atoms with Gasteiger partial charge in [0.1, 0.15) is 5.82 Å². The zero-order valence-electron chi connectivity index (χ0n) is 13.8. The van der Waals surface area contributed by atoms with Crippen LogP contribution in [0.4, 0.5) is 0 Å². The molecule has 0 aromatic carbocycles. The van der Waals surface area contributed by atoms with Crippen molar-refractivity contribution in [2.45, 2.75) is 51.5 Å². The third-order valence-electron chi connectivity index (χ3n) is 4.99. The van der Waals surface area contributed by atoms with Gasteiger partial charge < -0.3 is 14.2 Å². The summed E-state index contributed by atoms with van der Waals surface area (Å²) in [5.41, 5.74) is 0.987. The monoisotopic (exact) mass is 330 g/mol. The van der Waals surface area contributed by atoms with E-state index in [4.69, 9.17) is 4.74 Å². The zero-order chi connectivity index (χ0) is 16.5. The third kappa shape index (κ3) is 2.82. The number of piperidine rings is 1. The molecular weight excluding hydrogens is 308 g/mol. The lowest BCUT2D eigenvalue weighted by Gasteiger charge is -2.41.